The fraction of sp³-hybridized carbons (Fsp3) is 0.348. The smallest absolute Gasteiger partial charge is 0.419 e. The SMILES string of the molecule is CCOC(=O)C(C)(C)Oc1ccc(SCc2nc(-c3ccc(C(F)(F)F)c(F)c3)ns2)cc1C. The third-order valence-corrected chi connectivity index (χ3v) is 6.54. The Morgan fingerprint density at radius 3 is 2.50 bits per heavy atom. The van der Waals surface area contributed by atoms with Gasteiger partial charge < -0.3 is 9.47 Å². The molecule has 0 N–H and O–H groups in total. The van der Waals surface area contributed by atoms with Gasteiger partial charge in [0.1, 0.15) is 16.6 Å². The maximum Gasteiger partial charge on any atom is 0.419 e. The first-order valence-electron chi connectivity index (χ1n) is 10.2. The van der Waals surface area contributed by atoms with Gasteiger partial charge in [-0.05, 0) is 75.1 Å². The summed E-state index contributed by atoms with van der Waals surface area (Å²) in [6.07, 6.45) is -4.76. The topological polar surface area (TPSA) is 61.3 Å². The first-order chi connectivity index (χ1) is 15.9. The Morgan fingerprint density at radius 1 is 1.15 bits per heavy atom. The van der Waals surface area contributed by atoms with Crippen molar-refractivity contribution in [3.8, 4) is 17.1 Å². The molecule has 0 saturated heterocycles. The van der Waals surface area contributed by atoms with E-state index in [1.165, 1.54) is 11.8 Å². The minimum atomic E-state index is -4.76. The third-order valence-electron chi connectivity index (χ3n) is 4.64. The molecule has 0 amide bonds. The van der Waals surface area contributed by atoms with Gasteiger partial charge in [0.05, 0.1) is 17.9 Å². The van der Waals surface area contributed by atoms with Gasteiger partial charge in [-0.25, -0.2) is 14.2 Å². The van der Waals surface area contributed by atoms with Crippen molar-refractivity contribution in [3.05, 3.63) is 58.3 Å². The molecular formula is C23H22F4N2O3S2. The molecule has 0 fully saturated rings. The Bertz CT molecular complexity index is 1180. The van der Waals surface area contributed by atoms with Gasteiger partial charge in [0.15, 0.2) is 11.4 Å². The van der Waals surface area contributed by atoms with Crippen LogP contribution >= 0.6 is 23.3 Å². The molecule has 0 radical (unpaired) electrons. The molecule has 3 aromatic rings. The van der Waals surface area contributed by atoms with Crippen LogP contribution in [0.15, 0.2) is 41.3 Å². The molecule has 0 atom stereocenters. The van der Waals surface area contributed by atoms with Crippen LogP contribution < -0.4 is 4.74 Å². The molecule has 1 aromatic heterocycles. The van der Waals surface area contributed by atoms with E-state index in [-0.39, 0.29) is 18.0 Å². The number of halogens is 4. The van der Waals surface area contributed by atoms with Gasteiger partial charge in [0, 0.05) is 10.5 Å². The molecule has 2 aromatic carbocycles. The first-order valence-corrected chi connectivity index (χ1v) is 12.0. The lowest BCUT2D eigenvalue weighted by atomic mass is 10.1. The number of thioether (sulfide) groups is 1. The molecule has 34 heavy (non-hydrogen) atoms. The number of aromatic nitrogens is 2. The van der Waals surface area contributed by atoms with Crippen molar-refractivity contribution in [3.63, 3.8) is 0 Å². The highest BCUT2D eigenvalue weighted by Gasteiger charge is 2.34. The van der Waals surface area contributed by atoms with E-state index in [0.29, 0.717) is 22.6 Å². The van der Waals surface area contributed by atoms with Gasteiger partial charge in [-0.2, -0.15) is 17.5 Å². The quantitative estimate of drug-likeness (QED) is 0.190. The highest BCUT2D eigenvalue weighted by Crippen LogP contribution is 2.34. The maximum atomic E-state index is 13.9. The molecule has 0 aliphatic rings. The molecule has 5 nitrogen and oxygen atoms in total. The van der Waals surface area contributed by atoms with Crippen molar-refractivity contribution in [2.45, 2.75) is 50.1 Å². The van der Waals surface area contributed by atoms with Crippen LogP contribution in [0.2, 0.25) is 0 Å². The number of hydrogen-bond acceptors (Lipinski definition) is 7. The second-order valence-electron chi connectivity index (χ2n) is 7.75. The largest absolute Gasteiger partial charge is 0.476 e. The number of carbonyl (C=O) groups is 1. The third kappa shape index (κ3) is 6.26. The summed E-state index contributed by atoms with van der Waals surface area (Å²) in [5, 5.41) is 0.640. The van der Waals surface area contributed by atoms with Crippen molar-refractivity contribution < 1.29 is 31.8 Å². The normalized spacial score (nSPS) is 12.0. The predicted octanol–water partition coefficient (Wildman–Crippen LogP) is 6.68. The van der Waals surface area contributed by atoms with Crippen molar-refractivity contribution in [2.24, 2.45) is 0 Å². The van der Waals surface area contributed by atoms with Crippen molar-refractivity contribution in [2.75, 3.05) is 6.61 Å². The van der Waals surface area contributed by atoms with E-state index >= 15 is 0 Å². The average Bonchev–Trinajstić information content (AvgIpc) is 3.22. The number of benzene rings is 2. The average molecular weight is 515 g/mol. The lowest BCUT2D eigenvalue weighted by Gasteiger charge is -2.25. The number of carbonyl (C=O) groups excluding carboxylic acids is 1. The fourth-order valence-electron chi connectivity index (χ4n) is 2.91. The summed E-state index contributed by atoms with van der Waals surface area (Å²) in [7, 11) is 0. The molecule has 0 aliphatic carbocycles. The van der Waals surface area contributed by atoms with Crippen LogP contribution in [0.25, 0.3) is 11.4 Å². The highest BCUT2D eigenvalue weighted by atomic mass is 32.2. The van der Waals surface area contributed by atoms with Gasteiger partial charge in [0.2, 0.25) is 0 Å². The molecule has 3 rings (SSSR count). The molecule has 0 bridgehead atoms. The van der Waals surface area contributed by atoms with Gasteiger partial charge in [-0.15, -0.1) is 11.8 Å². The summed E-state index contributed by atoms with van der Waals surface area (Å²) in [6, 6.07) is 8.17. The zero-order valence-electron chi connectivity index (χ0n) is 18.8. The minimum Gasteiger partial charge on any atom is -0.476 e. The fourth-order valence-corrected chi connectivity index (χ4v) is 4.54. The van der Waals surface area contributed by atoms with Crippen molar-refractivity contribution in [1.29, 1.82) is 0 Å². The Kier molecular flexibility index (Phi) is 7.87. The summed E-state index contributed by atoms with van der Waals surface area (Å²) in [5.74, 6) is -0.610. The maximum absolute atomic E-state index is 13.9. The standard InChI is InChI=1S/C23H22F4N2O3S2/c1-5-31-21(30)22(3,4)32-18-9-7-15(10-13(18)2)33-12-19-28-20(29-34-19)14-6-8-16(17(24)11-14)23(25,26)27/h6-11H,5,12H2,1-4H3. The van der Waals surface area contributed by atoms with E-state index < -0.39 is 29.1 Å². The summed E-state index contributed by atoms with van der Waals surface area (Å²) in [4.78, 5) is 17.3. The van der Waals surface area contributed by atoms with Crippen LogP contribution in [0.3, 0.4) is 0 Å². The second kappa shape index (κ2) is 10.3. The Labute approximate surface area is 202 Å². The monoisotopic (exact) mass is 514 g/mol. The molecule has 1 heterocycles. The Hall–Kier alpha value is -2.66. The lowest BCUT2D eigenvalue weighted by Crippen LogP contribution is -2.39. The van der Waals surface area contributed by atoms with Crippen LogP contribution in [-0.4, -0.2) is 27.5 Å². The Balaban J connectivity index is 1.65. The number of alkyl halides is 3. The Morgan fingerprint density at radius 2 is 1.88 bits per heavy atom. The molecule has 11 heteroatoms. The number of hydrogen-bond donors (Lipinski definition) is 0. The van der Waals surface area contributed by atoms with Crippen LogP contribution in [0, 0.1) is 12.7 Å². The first kappa shape index (κ1) is 26.0. The van der Waals surface area contributed by atoms with Crippen LogP contribution in [0.5, 0.6) is 5.75 Å². The second-order valence-corrected chi connectivity index (χ2v) is 9.64. The van der Waals surface area contributed by atoms with E-state index in [9.17, 15) is 22.4 Å². The zero-order chi connectivity index (χ0) is 25.1. The molecule has 0 aliphatic heterocycles. The molecule has 182 valence electrons. The number of esters is 1. The molecule has 0 saturated carbocycles. The number of rotatable bonds is 8. The minimum absolute atomic E-state index is 0.175. The van der Waals surface area contributed by atoms with E-state index in [4.69, 9.17) is 9.47 Å². The van der Waals surface area contributed by atoms with E-state index in [1.54, 1.807) is 26.8 Å². The van der Waals surface area contributed by atoms with E-state index in [1.807, 2.05) is 19.1 Å². The van der Waals surface area contributed by atoms with E-state index in [2.05, 4.69) is 9.36 Å². The summed E-state index contributed by atoms with van der Waals surface area (Å²) in [6.45, 7) is 7.14. The van der Waals surface area contributed by atoms with Gasteiger partial charge in [-0.1, -0.05) is 6.07 Å². The van der Waals surface area contributed by atoms with Gasteiger partial charge >= 0.3 is 12.1 Å². The van der Waals surface area contributed by atoms with Crippen molar-refractivity contribution >= 4 is 29.3 Å². The summed E-state index contributed by atoms with van der Waals surface area (Å²) in [5.41, 5.74) is -1.44. The van der Waals surface area contributed by atoms with Crippen LogP contribution in [0.4, 0.5) is 17.6 Å². The van der Waals surface area contributed by atoms with Crippen molar-refractivity contribution in [1.82, 2.24) is 9.36 Å². The van der Waals surface area contributed by atoms with Gasteiger partial charge in [0.25, 0.3) is 0 Å². The predicted molar refractivity (Wildman–Crippen MR) is 122 cm³/mol. The molecule has 0 unspecified atom stereocenters. The van der Waals surface area contributed by atoms with Gasteiger partial charge in [-0.3, -0.25) is 0 Å². The highest BCUT2D eigenvalue weighted by molar-refractivity contribution is 7.98. The van der Waals surface area contributed by atoms with Crippen LogP contribution in [0.1, 0.15) is 36.9 Å². The summed E-state index contributed by atoms with van der Waals surface area (Å²) < 4.78 is 67.1. The number of aryl methyl sites for hydroxylation is 1. The number of nitrogens with zero attached hydrogens (tertiary/aromatic N) is 2. The summed E-state index contributed by atoms with van der Waals surface area (Å²) >= 11 is 2.58. The van der Waals surface area contributed by atoms with E-state index in [0.717, 1.165) is 34.1 Å². The lowest BCUT2D eigenvalue weighted by molar-refractivity contribution is -0.158. The zero-order valence-corrected chi connectivity index (χ0v) is 20.5. The molecule has 0 spiro atoms. The van der Waals surface area contributed by atoms with Crippen LogP contribution in [-0.2, 0) is 21.5 Å². The molecular weight excluding hydrogens is 492 g/mol. The number of ether oxygens (including phenoxy) is 2.